The second-order valence-corrected chi connectivity index (χ2v) is 6.07. The lowest BCUT2D eigenvalue weighted by Crippen LogP contribution is -2.38. The van der Waals surface area contributed by atoms with Crippen LogP contribution < -0.4 is 15.4 Å². The maximum absolute atomic E-state index is 12.5. The van der Waals surface area contributed by atoms with E-state index in [0.717, 1.165) is 16.9 Å². The third-order valence-electron chi connectivity index (χ3n) is 4.12. The van der Waals surface area contributed by atoms with Crippen LogP contribution >= 0.6 is 0 Å². The molecule has 0 aliphatic carbocycles. The van der Waals surface area contributed by atoms with Gasteiger partial charge in [0.2, 0.25) is 5.91 Å². The van der Waals surface area contributed by atoms with Gasteiger partial charge in [0, 0.05) is 0 Å². The third-order valence-corrected chi connectivity index (χ3v) is 4.12. The van der Waals surface area contributed by atoms with E-state index < -0.39 is 5.91 Å². The maximum Gasteiger partial charge on any atom is 0.287 e. The normalized spacial score (nSPS) is 11.5. The number of carbonyl (C=O) groups excluding carboxylic acids is 2. The fourth-order valence-corrected chi connectivity index (χ4v) is 2.80. The van der Waals surface area contributed by atoms with Crippen LogP contribution in [0.1, 0.15) is 34.6 Å². The highest BCUT2D eigenvalue weighted by molar-refractivity contribution is 5.94. The highest BCUT2D eigenvalue weighted by atomic mass is 16.5. The molecule has 0 spiro atoms. The lowest BCUT2D eigenvalue weighted by Gasteiger charge is -2.20. The van der Waals surface area contributed by atoms with Crippen molar-refractivity contribution in [2.75, 3.05) is 13.2 Å². The zero-order chi connectivity index (χ0) is 19.8. The van der Waals surface area contributed by atoms with E-state index in [9.17, 15) is 9.59 Å². The van der Waals surface area contributed by atoms with E-state index in [-0.39, 0.29) is 24.3 Å². The topological polar surface area (TPSA) is 80.6 Å². The smallest absolute Gasteiger partial charge is 0.287 e. The molecule has 1 unspecified atom stereocenters. The van der Waals surface area contributed by atoms with Crippen molar-refractivity contribution in [1.29, 1.82) is 0 Å². The van der Waals surface area contributed by atoms with E-state index in [1.807, 2.05) is 61.5 Å². The number of hydrogen-bond acceptors (Lipinski definition) is 4. The van der Waals surface area contributed by atoms with Gasteiger partial charge in [0.15, 0.2) is 5.76 Å². The minimum Gasteiger partial charge on any atom is -0.494 e. The molecule has 0 aliphatic heterocycles. The largest absolute Gasteiger partial charge is 0.494 e. The summed E-state index contributed by atoms with van der Waals surface area (Å²) in [5, 5.41) is 5.53. The first-order valence-electron chi connectivity index (χ1n) is 9.06. The molecule has 1 heterocycles. The van der Waals surface area contributed by atoms with Gasteiger partial charge in [-0.3, -0.25) is 9.59 Å². The minimum atomic E-state index is -0.433. The molecule has 3 aromatic rings. The van der Waals surface area contributed by atoms with E-state index in [2.05, 4.69) is 10.6 Å². The Labute approximate surface area is 163 Å². The Balaban J connectivity index is 1.70. The van der Waals surface area contributed by atoms with Crippen LogP contribution in [-0.2, 0) is 4.79 Å². The van der Waals surface area contributed by atoms with Crippen molar-refractivity contribution < 1.29 is 18.7 Å². The molecule has 0 bridgehead atoms. The Morgan fingerprint density at radius 3 is 2.32 bits per heavy atom. The number of carbonyl (C=O) groups is 2. The highest BCUT2D eigenvalue weighted by Gasteiger charge is 2.18. The standard InChI is InChI=1S/C22H22N2O4/c1-2-27-18-12-10-17(11-13-18)21(16-7-4-3-5-8-16)24-20(25)15-23-22(26)19-9-6-14-28-19/h3-14,21H,2,15H2,1H3,(H,23,26)(H,24,25). The molecule has 2 N–H and O–H groups in total. The lowest BCUT2D eigenvalue weighted by atomic mass is 9.98. The summed E-state index contributed by atoms with van der Waals surface area (Å²) in [5.41, 5.74) is 1.86. The Kier molecular flexibility index (Phi) is 6.46. The maximum atomic E-state index is 12.5. The van der Waals surface area contributed by atoms with Crippen LogP contribution in [0.3, 0.4) is 0 Å². The van der Waals surface area contributed by atoms with Gasteiger partial charge < -0.3 is 19.8 Å². The van der Waals surface area contributed by atoms with Crippen molar-refractivity contribution in [3.8, 4) is 5.75 Å². The van der Waals surface area contributed by atoms with Crippen LogP contribution in [0.15, 0.2) is 77.4 Å². The molecule has 1 atom stereocenters. The summed E-state index contributed by atoms with van der Waals surface area (Å²) < 4.78 is 10.5. The number of rotatable bonds is 8. The summed E-state index contributed by atoms with van der Waals surface area (Å²) in [7, 11) is 0. The van der Waals surface area contributed by atoms with E-state index >= 15 is 0 Å². The van der Waals surface area contributed by atoms with Gasteiger partial charge in [-0.2, -0.15) is 0 Å². The molecule has 0 saturated heterocycles. The van der Waals surface area contributed by atoms with E-state index in [1.165, 1.54) is 6.26 Å². The molecule has 1 aromatic heterocycles. The first kappa shape index (κ1) is 19.2. The van der Waals surface area contributed by atoms with Crippen molar-refractivity contribution in [3.63, 3.8) is 0 Å². The zero-order valence-corrected chi connectivity index (χ0v) is 15.6. The Morgan fingerprint density at radius 2 is 1.68 bits per heavy atom. The number of hydrogen-bond donors (Lipinski definition) is 2. The average molecular weight is 378 g/mol. The Bertz CT molecular complexity index is 890. The molecule has 3 rings (SSSR count). The quantitative estimate of drug-likeness (QED) is 0.630. The first-order valence-corrected chi connectivity index (χ1v) is 9.06. The summed E-state index contributed by atoms with van der Waals surface area (Å²) in [6.07, 6.45) is 1.41. The second-order valence-electron chi connectivity index (χ2n) is 6.07. The zero-order valence-electron chi connectivity index (χ0n) is 15.6. The molecule has 2 aromatic carbocycles. The summed E-state index contributed by atoms with van der Waals surface area (Å²) in [4.78, 5) is 24.4. The van der Waals surface area contributed by atoms with Crippen LogP contribution in [0, 0.1) is 0 Å². The summed E-state index contributed by atoms with van der Waals surface area (Å²) >= 11 is 0. The van der Waals surface area contributed by atoms with Crippen LogP contribution in [0.4, 0.5) is 0 Å². The molecule has 0 aliphatic rings. The number of amides is 2. The van der Waals surface area contributed by atoms with E-state index in [1.54, 1.807) is 12.1 Å². The SMILES string of the molecule is CCOc1ccc(C(NC(=O)CNC(=O)c2ccco2)c2ccccc2)cc1. The fourth-order valence-electron chi connectivity index (χ4n) is 2.80. The van der Waals surface area contributed by atoms with Gasteiger partial charge in [-0.1, -0.05) is 42.5 Å². The van der Waals surface area contributed by atoms with Crippen molar-refractivity contribution in [3.05, 3.63) is 89.9 Å². The molecule has 6 nitrogen and oxygen atoms in total. The average Bonchev–Trinajstić information content (AvgIpc) is 3.27. The van der Waals surface area contributed by atoms with Gasteiger partial charge in [0.1, 0.15) is 5.75 Å². The first-order chi connectivity index (χ1) is 13.7. The molecule has 144 valence electrons. The van der Waals surface area contributed by atoms with Crippen LogP contribution in [0.5, 0.6) is 5.75 Å². The molecule has 0 saturated carbocycles. The minimum absolute atomic E-state index is 0.153. The molecule has 28 heavy (non-hydrogen) atoms. The molecule has 2 amide bonds. The van der Waals surface area contributed by atoms with E-state index in [0.29, 0.717) is 6.61 Å². The predicted molar refractivity (Wildman–Crippen MR) is 105 cm³/mol. The Morgan fingerprint density at radius 1 is 0.964 bits per heavy atom. The second kappa shape index (κ2) is 9.41. The van der Waals surface area contributed by atoms with Gasteiger partial charge in [-0.15, -0.1) is 0 Å². The fraction of sp³-hybridized carbons (Fsp3) is 0.182. The Hall–Kier alpha value is -3.54. The summed E-state index contributed by atoms with van der Waals surface area (Å²) in [5.74, 6) is 0.203. The monoisotopic (exact) mass is 378 g/mol. The van der Waals surface area contributed by atoms with E-state index in [4.69, 9.17) is 9.15 Å². The molecule has 0 radical (unpaired) electrons. The number of benzene rings is 2. The van der Waals surface area contributed by atoms with Gasteiger partial charge >= 0.3 is 0 Å². The van der Waals surface area contributed by atoms with Crippen LogP contribution in [-0.4, -0.2) is 25.0 Å². The van der Waals surface area contributed by atoms with Gasteiger partial charge in [-0.05, 0) is 42.3 Å². The van der Waals surface area contributed by atoms with Crippen molar-refractivity contribution >= 4 is 11.8 Å². The summed E-state index contributed by atoms with van der Waals surface area (Å²) in [6, 6.07) is 20.1. The van der Waals surface area contributed by atoms with Crippen molar-refractivity contribution in [2.24, 2.45) is 0 Å². The van der Waals surface area contributed by atoms with Gasteiger partial charge in [0.05, 0.1) is 25.5 Å². The lowest BCUT2D eigenvalue weighted by molar-refractivity contribution is -0.120. The third kappa shape index (κ3) is 5.01. The highest BCUT2D eigenvalue weighted by Crippen LogP contribution is 2.24. The number of furan rings is 1. The summed E-state index contributed by atoms with van der Waals surface area (Å²) in [6.45, 7) is 2.37. The number of nitrogens with one attached hydrogen (secondary N) is 2. The molecular formula is C22H22N2O4. The molecule has 6 heteroatoms. The van der Waals surface area contributed by atoms with Crippen molar-refractivity contribution in [1.82, 2.24) is 10.6 Å². The van der Waals surface area contributed by atoms with Crippen molar-refractivity contribution in [2.45, 2.75) is 13.0 Å². The van der Waals surface area contributed by atoms with Gasteiger partial charge in [0.25, 0.3) is 5.91 Å². The number of ether oxygens (including phenoxy) is 1. The molecular weight excluding hydrogens is 356 g/mol. The molecule has 0 fully saturated rings. The van der Waals surface area contributed by atoms with Crippen LogP contribution in [0.25, 0.3) is 0 Å². The van der Waals surface area contributed by atoms with Crippen LogP contribution in [0.2, 0.25) is 0 Å². The van der Waals surface area contributed by atoms with Gasteiger partial charge in [-0.25, -0.2) is 0 Å². The predicted octanol–water partition coefficient (Wildman–Crippen LogP) is 3.31.